The number of hydrogen-bond acceptors (Lipinski definition) is 3. The molecule has 0 aliphatic rings. The largest absolute Gasteiger partial charge is 0.322 e. The Balaban J connectivity index is 2.29. The molecule has 0 aliphatic heterocycles. The van der Waals surface area contributed by atoms with E-state index in [1.165, 1.54) is 11.4 Å². The zero-order valence-electron chi connectivity index (χ0n) is 13.0. The molecule has 1 N–H and O–H groups in total. The lowest BCUT2D eigenvalue weighted by Gasteiger charge is -2.19. The van der Waals surface area contributed by atoms with Crippen molar-refractivity contribution in [3.05, 3.63) is 57.2 Å². The first kappa shape index (κ1) is 17.7. The molecule has 0 saturated carbocycles. The lowest BCUT2D eigenvalue weighted by molar-refractivity contribution is 0.102. The number of aryl methyl sites for hydroxylation is 1. The fourth-order valence-corrected chi connectivity index (χ4v) is 2.92. The Morgan fingerprint density at radius 2 is 1.74 bits per heavy atom. The minimum absolute atomic E-state index is 0.283. The van der Waals surface area contributed by atoms with Gasteiger partial charge in [-0.15, -0.1) is 0 Å². The highest BCUT2D eigenvalue weighted by Crippen LogP contribution is 2.23. The Bertz CT molecular complexity index is 833. The molecular formula is C16H17IN2O3S. The van der Waals surface area contributed by atoms with Crippen LogP contribution in [0.3, 0.4) is 0 Å². The normalized spacial score (nSPS) is 11.1. The van der Waals surface area contributed by atoms with E-state index in [4.69, 9.17) is 0 Å². The van der Waals surface area contributed by atoms with Gasteiger partial charge in [0.15, 0.2) is 0 Å². The maximum Gasteiger partial charge on any atom is 0.255 e. The molecule has 0 atom stereocenters. The molecule has 122 valence electrons. The van der Waals surface area contributed by atoms with E-state index < -0.39 is 10.0 Å². The maximum absolute atomic E-state index is 12.4. The molecule has 0 aliphatic carbocycles. The number of anilines is 2. The maximum atomic E-state index is 12.4. The van der Waals surface area contributed by atoms with Gasteiger partial charge in [-0.3, -0.25) is 9.10 Å². The average molecular weight is 444 g/mol. The van der Waals surface area contributed by atoms with E-state index in [-0.39, 0.29) is 5.91 Å². The predicted octanol–water partition coefficient (Wildman–Crippen LogP) is 3.25. The van der Waals surface area contributed by atoms with E-state index in [9.17, 15) is 13.2 Å². The molecule has 1 amide bonds. The van der Waals surface area contributed by atoms with Crippen LogP contribution in [0.5, 0.6) is 0 Å². The summed E-state index contributed by atoms with van der Waals surface area (Å²) in [6, 6.07) is 12.4. The number of carbonyl (C=O) groups is 1. The smallest absolute Gasteiger partial charge is 0.255 e. The molecule has 2 aromatic rings. The van der Waals surface area contributed by atoms with E-state index in [2.05, 4.69) is 27.9 Å². The number of halogens is 1. The van der Waals surface area contributed by atoms with Gasteiger partial charge in [0.2, 0.25) is 10.0 Å². The van der Waals surface area contributed by atoms with E-state index in [0.29, 0.717) is 16.9 Å². The number of carbonyl (C=O) groups excluding carboxylic acids is 1. The second-order valence-corrected chi connectivity index (χ2v) is 8.45. The summed E-state index contributed by atoms with van der Waals surface area (Å²) in [4.78, 5) is 12.4. The molecule has 0 heterocycles. The highest BCUT2D eigenvalue weighted by atomic mass is 127. The zero-order valence-corrected chi connectivity index (χ0v) is 16.0. The Hall–Kier alpha value is -1.61. The van der Waals surface area contributed by atoms with Crippen LogP contribution in [0.2, 0.25) is 0 Å². The van der Waals surface area contributed by atoms with Gasteiger partial charge in [0.05, 0.1) is 11.9 Å². The van der Waals surface area contributed by atoms with Crippen molar-refractivity contribution >= 4 is 49.9 Å². The van der Waals surface area contributed by atoms with Crippen LogP contribution in [0.4, 0.5) is 11.4 Å². The molecule has 7 heteroatoms. The van der Waals surface area contributed by atoms with Crippen LogP contribution in [0.15, 0.2) is 42.5 Å². The molecule has 0 saturated heterocycles. The van der Waals surface area contributed by atoms with Gasteiger partial charge in [-0.25, -0.2) is 8.42 Å². The first-order chi connectivity index (χ1) is 10.7. The van der Waals surface area contributed by atoms with Gasteiger partial charge >= 0.3 is 0 Å². The highest BCUT2D eigenvalue weighted by molar-refractivity contribution is 14.1. The number of hydrogen-bond donors (Lipinski definition) is 1. The third kappa shape index (κ3) is 4.44. The Morgan fingerprint density at radius 1 is 1.13 bits per heavy atom. The second kappa shape index (κ2) is 6.88. The fraction of sp³-hybridized carbons (Fsp3) is 0.188. The van der Waals surface area contributed by atoms with Crippen LogP contribution in [-0.2, 0) is 10.0 Å². The van der Waals surface area contributed by atoms with Crippen molar-refractivity contribution in [1.29, 1.82) is 0 Å². The summed E-state index contributed by atoms with van der Waals surface area (Å²) < 4.78 is 25.7. The van der Waals surface area contributed by atoms with Gasteiger partial charge in [0.1, 0.15) is 0 Å². The second-order valence-electron chi connectivity index (χ2n) is 5.19. The highest BCUT2D eigenvalue weighted by Gasteiger charge is 2.16. The van der Waals surface area contributed by atoms with Crippen LogP contribution >= 0.6 is 22.6 Å². The summed E-state index contributed by atoms with van der Waals surface area (Å²) in [5.41, 5.74) is 2.36. The van der Waals surface area contributed by atoms with Gasteiger partial charge in [-0.1, -0.05) is 6.07 Å². The molecule has 2 aromatic carbocycles. The lowest BCUT2D eigenvalue weighted by atomic mass is 10.1. The standard InChI is InChI=1S/C16H17IN2O3S/c1-11-4-5-12(10-15(11)19(2)23(3,21)22)16(20)18-14-8-6-13(17)7-9-14/h4-10H,1-3H3,(H,18,20). The number of benzene rings is 2. The number of sulfonamides is 1. The van der Waals surface area contributed by atoms with Gasteiger partial charge in [-0.2, -0.15) is 0 Å². The van der Waals surface area contributed by atoms with Crippen molar-refractivity contribution < 1.29 is 13.2 Å². The summed E-state index contributed by atoms with van der Waals surface area (Å²) in [5.74, 6) is -0.283. The van der Waals surface area contributed by atoms with Gasteiger partial charge < -0.3 is 5.32 Å². The molecule has 23 heavy (non-hydrogen) atoms. The van der Waals surface area contributed by atoms with Crippen molar-refractivity contribution in [2.24, 2.45) is 0 Å². The van der Waals surface area contributed by atoms with Crippen molar-refractivity contribution in [3.8, 4) is 0 Å². The molecule has 0 radical (unpaired) electrons. The molecule has 0 aromatic heterocycles. The molecule has 2 rings (SSSR count). The fourth-order valence-electron chi connectivity index (χ4n) is 2.01. The monoisotopic (exact) mass is 444 g/mol. The van der Waals surface area contributed by atoms with Gasteiger partial charge in [0.25, 0.3) is 5.91 Å². The predicted molar refractivity (Wildman–Crippen MR) is 102 cm³/mol. The summed E-state index contributed by atoms with van der Waals surface area (Å²) in [7, 11) is -1.91. The third-order valence-electron chi connectivity index (χ3n) is 3.41. The van der Waals surface area contributed by atoms with Crippen molar-refractivity contribution in [2.75, 3.05) is 22.9 Å². The van der Waals surface area contributed by atoms with Crippen molar-refractivity contribution in [1.82, 2.24) is 0 Å². The minimum atomic E-state index is -3.38. The van der Waals surface area contributed by atoms with E-state index in [1.807, 2.05) is 24.3 Å². The Morgan fingerprint density at radius 3 is 2.30 bits per heavy atom. The summed E-state index contributed by atoms with van der Waals surface area (Å²) in [6.45, 7) is 1.80. The zero-order chi connectivity index (χ0) is 17.2. The van der Waals surface area contributed by atoms with Crippen molar-refractivity contribution in [2.45, 2.75) is 6.92 Å². The van der Waals surface area contributed by atoms with Crippen LogP contribution in [0.25, 0.3) is 0 Å². The Labute approximate surface area is 149 Å². The summed E-state index contributed by atoms with van der Waals surface area (Å²) in [5, 5.41) is 2.80. The van der Waals surface area contributed by atoms with Gasteiger partial charge in [-0.05, 0) is 71.5 Å². The molecule has 0 unspecified atom stereocenters. The lowest BCUT2D eigenvalue weighted by Crippen LogP contribution is -2.26. The summed E-state index contributed by atoms with van der Waals surface area (Å²) in [6.07, 6.45) is 1.13. The summed E-state index contributed by atoms with van der Waals surface area (Å²) >= 11 is 2.19. The molecule has 5 nitrogen and oxygen atoms in total. The van der Waals surface area contributed by atoms with Crippen LogP contribution in [-0.4, -0.2) is 27.6 Å². The first-order valence-electron chi connectivity index (χ1n) is 6.80. The SMILES string of the molecule is Cc1ccc(C(=O)Nc2ccc(I)cc2)cc1N(C)S(C)(=O)=O. The Kier molecular flexibility index (Phi) is 5.30. The minimum Gasteiger partial charge on any atom is -0.322 e. The average Bonchev–Trinajstić information content (AvgIpc) is 2.48. The van der Waals surface area contributed by atoms with Crippen LogP contribution in [0, 0.1) is 10.5 Å². The van der Waals surface area contributed by atoms with E-state index >= 15 is 0 Å². The van der Waals surface area contributed by atoms with Crippen LogP contribution in [0.1, 0.15) is 15.9 Å². The third-order valence-corrected chi connectivity index (χ3v) is 5.32. The van der Waals surface area contributed by atoms with E-state index in [1.54, 1.807) is 25.1 Å². The van der Waals surface area contributed by atoms with Crippen LogP contribution < -0.4 is 9.62 Å². The number of nitrogens with zero attached hydrogens (tertiary/aromatic N) is 1. The quantitative estimate of drug-likeness (QED) is 0.737. The van der Waals surface area contributed by atoms with E-state index in [0.717, 1.165) is 15.4 Å². The first-order valence-corrected chi connectivity index (χ1v) is 9.72. The number of nitrogens with one attached hydrogen (secondary N) is 1. The van der Waals surface area contributed by atoms with Gasteiger partial charge in [0, 0.05) is 21.9 Å². The molecule has 0 fully saturated rings. The molecular weight excluding hydrogens is 427 g/mol. The van der Waals surface area contributed by atoms with Crippen molar-refractivity contribution in [3.63, 3.8) is 0 Å². The number of amides is 1. The topological polar surface area (TPSA) is 66.5 Å². The molecule has 0 spiro atoms. The number of rotatable bonds is 4. The molecule has 0 bridgehead atoms.